The van der Waals surface area contributed by atoms with E-state index in [9.17, 15) is 4.79 Å². The fraction of sp³-hybridized carbons (Fsp3) is 0.778. The summed E-state index contributed by atoms with van der Waals surface area (Å²) >= 11 is 0. The number of hydrogen-bond acceptors (Lipinski definition) is 3. The van der Waals surface area contributed by atoms with Crippen molar-refractivity contribution in [3.63, 3.8) is 0 Å². The molecule has 0 aromatic carbocycles. The normalized spacial score (nSPS) is 20.0. The van der Waals surface area contributed by atoms with Crippen LogP contribution in [-0.4, -0.2) is 11.6 Å². The number of hydrogen-bond donors (Lipinski definition) is 0. The zero-order valence-corrected chi connectivity index (χ0v) is 7.30. The molecule has 0 saturated heterocycles. The van der Waals surface area contributed by atoms with Crippen LogP contribution in [0.25, 0.3) is 0 Å². The minimum absolute atomic E-state index is 0.129. The Labute approximate surface area is 72.3 Å². The summed E-state index contributed by atoms with van der Waals surface area (Å²) in [6.07, 6.45) is 3.98. The molecule has 0 atom stereocenters. The molecule has 0 spiro atoms. The minimum atomic E-state index is -0.387. The van der Waals surface area contributed by atoms with Crippen molar-refractivity contribution in [2.45, 2.75) is 44.6 Å². The molecule has 66 valence electrons. The molecule has 3 heteroatoms. The quantitative estimate of drug-likeness (QED) is 0.589. The standard InChI is InChI=1S/C9H13NO2/c1-9(5-2-3-6-9)12-8(11)4-7-10/h2-6H2,1H3. The third-order valence-electron chi connectivity index (χ3n) is 2.24. The lowest BCUT2D eigenvalue weighted by atomic mass is 10.1. The molecular formula is C9H13NO2. The predicted octanol–water partition coefficient (Wildman–Crippen LogP) is 1.78. The summed E-state index contributed by atoms with van der Waals surface area (Å²) in [5.41, 5.74) is -0.284. The average Bonchev–Trinajstić information content (AvgIpc) is 2.36. The first-order valence-electron chi connectivity index (χ1n) is 4.25. The topological polar surface area (TPSA) is 50.1 Å². The van der Waals surface area contributed by atoms with Crippen LogP contribution >= 0.6 is 0 Å². The highest BCUT2D eigenvalue weighted by Gasteiger charge is 2.32. The van der Waals surface area contributed by atoms with E-state index in [4.69, 9.17) is 10.00 Å². The molecule has 0 N–H and O–H groups in total. The summed E-state index contributed by atoms with van der Waals surface area (Å²) < 4.78 is 5.18. The van der Waals surface area contributed by atoms with Gasteiger partial charge in [0, 0.05) is 0 Å². The molecule has 0 bridgehead atoms. The van der Waals surface area contributed by atoms with Gasteiger partial charge in [-0.2, -0.15) is 5.26 Å². The number of rotatable bonds is 2. The molecule has 0 radical (unpaired) electrons. The Morgan fingerprint density at radius 2 is 2.17 bits per heavy atom. The van der Waals surface area contributed by atoms with Gasteiger partial charge in [-0.05, 0) is 32.6 Å². The molecule has 1 saturated carbocycles. The zero-order chi connectivity index (χ0) is 9.03. The Bertz CT molecular complexity index is 211. The van der Waals surface area contributed by atoms with Crippen molar-refractivity contribution in [3.8, 4) is 6.07 Å². The summed E-state index contributed by atoms with van der Waals surface area (Å²) in [5, 5.41) is 8.24. The predicted molar refractivity (Wildman–Crippen MR) is 43.2 cm³/mol. The second-order valence-electron chi connectivity index (χ2n) is 3.47. The number of nitriles is 1. The number of ether oxygens (including phenoxy) is 1. The van der Waals surface area contributed by atoms with Gasteiger partial charge in [0.25, 0.3) is 0 Å². The molecular weight excluding hydrogens is 154 g/mol. The molecule has 1 aliphatic carbocycles. The molecule has 3 nitrogen and oxygen atoms in total. The zero-order valence-electron chi connectivity index (χ0n) is 7.30. The Morgan fingerprint density at radius 3 is 2.67 bits per heavy atom. The second kappa shape index (κ2) is 3.57. The van der Waals surface area contributed by atoms with Gasteiger partial charge in [-0.3, -0.25) is 4.79 Å². The molecule has 1 aliphatic rings. The summed E-state index contributed by atoms with van der Waals surface area (Å²) in [6.45, 7) is 1.94. The van der Waals surface area contributed by atoms with Gasteiger partial charge in [-0.25, -0.2) is 0 Å². The lowest BCUT2D eigenvalue weighted by molar-refractivity contribution is -0.156. The molecule has 0 aromatic heterocycles. The first-order valence-corrected chi connectivity index (χ1v) is 4.25. The van der Waals surface area contributed by atoms with Crippen LogP contribution in [0.2, 0.25) is 0 Å². The first kappa shape index (κ1) is 9.05. The number of carbonyl (C=O) groups excluding carboxylic acids is 1. The fourth-order valence-electron chi connectivity index (χ4n) is 1.60. The Kier molecular flexibility index (Phi) is 2.69. The van der Waals surface area contributed by atoms with Crippen molar-refractivity contribution >= 4 is 5.97 Å². The van der Waals surface area contributed by atoms with Crippen LogP contribution in [0.5, 0.6) is 0 Å². The van der Waals surface area contributed by atoms with Crippen LogP contribution in [0.15, 0.2) is 0 Å². The van der Waals surface area contributed by atoms with Gasteiger partial charge in [0.15, 0.2) is 0 Å². The van der Waals surface area contributed by atoms with Crippen molar-refractivity contribution in [3.05, 3.63) is 0 Å². The highest BCUT2D eigenvalue weighted by atomic mass is 16.6. The summed E-state index contributed by atoms with van der Waals surface area (Å²) in [6, 6.07) is 1.78. The smallest absolute Gasteiger partial charge is 0.320 e. The Balaban J connectivity index is 2.39. The van der Waals surface area contributed by atoms with E-state index in [-0.39, 0.29) is 18.0 Å². The maximum Gasteiger partial charge on any atom is 0.320 e. The third-order valence-corrected chi connectivity index (χ3v) is 2.24. The third kappa shape index (κ3) is 2.23. The maximum atomic E-state index is 11.0. The van der Waals surface area contributed by atoms with Crippen LogP contribution in [0, 0.1) is 11.3 Å². The van der Waals surface area contributed by atoms with E-state index in [1.54, 1.807) is 6.07 Å². The van der Waals surface area contributed by atoms with E-state index >= 15 is 0 Å². The molecule has 0 unspecified atom stereocenters. The first-order chi connectivity index (χ1) is 5.66. The van der Waals surface area contributed by atoms with Gasteiger partial charge < -0.3 is 4.74 Å². The second-order valence-corrected chi connectivity index (χ2v) is 3.47. The van der Waals surface area contributed by atoms with E-state index in [1.165, 1.54) is 0 Å². The minimum Gasteiger partial charge on any atom is -0.459 e. The van der Waals surface area contributed by atoms with Crippen molar-refractivity contribution in [1.82, 2.24) is 0 Å². The van der Waals surface area contributed by atoms with Crippen LogP contribution < -0.4 is 0 Å². The highest BCUT2D eigenvalue weighted by molar-refractivity contribution is 5.72. The molecule has 0 heterocycles. The Morgan fingerprint density at radius 1 is 1.58 bits per heavy atom. The summed E-state index contributed by atoms with van der Waals surface area (Å²) in [7, 11) is 0. The van der Waals surface area contributed by atoms with E-state index in [0.29, 0.717) is 0 Å². The maximum absolute atomic E-state index is 11.0. The van der Waals surface area contributed by atoms with Gasteiger partial charge in [0.1, 0.15) is 12.0 Å². The summed E-state index contributed by atoms with van der Waals surface area (Å²) in [4.78, 5) is 11.0. The molecule has 1 fully saturated rings. The van der Waals surface area contributed by atoms with Crippen molar-refractivity contribution in [1.29, 1.82) is 5.26 Å². The summed E-state index contributed by atoms with van der Waals surface area (Å²) in [5.74, 6) is -0.387. The number of carbonyl (C=O) groups is 1. The molecule has 12 heavy (non-hydrogen) atoms. The van der Waals surface area contributed by atoms with E-state index in [1.807, 2.05) is 6.92 Å². The van der Waals surface area contributed by atoms with E-state index < -0.39 is 0 Å². The largest absolute Gasteiger partial charge is 0.459 e. The van der Waals surface area contributed by atoms with Crippen LogP contribution in [0.3, 0.4) is 0 Å². The van der Waals surface area contributed by atoms with Crippen molar-refractivity contribution in [2.75, 3.05) is 0 Å². The lowest BCUT2D eigenvalue weighted by Gasteiger charge is -2.23. The Hall–Kier alpha value is -1.04. The van der Waals surface area contributed by atoms with Gasteiger partial charge in [-0.1, -0.05) is 0 Å². The van der Waals surface area contributed by atoms with Gasteiger partial charge in [-0.15, -0.1) is 0 Å². The molecule has 0 aromatic rings. The fourth-order valence-corrected chi connectivity index (χ4v) is 1.60. The molecule has 0 amide bonds. The van der Waals surface area contributed by atoms with Crippen molar-refractivity contribution < 1.29 is 9.53 Å². The lowest BCUT2D eigenvalue weighted by Crippen LogP contribution is -2.27. The molecule has 1 rings (SSSR count). The van der Waals surface area contributed by atoms with Crippen LogP contribution in [0.4, 0.5) is 0 Å². The van der Waals surface area contributed by atoms with Crippen molar-refractivity contribution in [2.24, 2.45) is 0 Å². The van der Waals surface area contributed by atoms with E-state index in [2.05, 4.69) is 0 Å². The average molecular weight is 167 g/mol. The monoisotopic (exact) mass is 167 g/mol. The number of esters is 1. The van der Waals surface area contributed by atoms with Gasteiger partial charge in [0.05, 0.1) is 6.07 Å². The van der Waals surface area contributed by atoms with Gasteiger partial charge >= 0.3 is 5.97 Å². The highest BCUT2D eigenvalue weighted by Crippen LogP contribution is 2.32. The van der Waals surface area contributed by atoms with Gasteiger partial charge in [0.2, 0.25) is 0 Å². The SMILES string of the molecule is CC1(OC(=O)CC#N)CCCC1. The number of nitrogens with zero attached hydrogens (tertiary/aromatic N) is 1. The van der Waals surface area contributed by atoms with Crippen LogP contribution in [-0.2, 0) is 9.53 Å². The molecule has 0 aliphatic heterocycles. The van der Waals surface area contributed by atoms with E-state index in [0.717, 1.165) is 25.7 Å². The van der Waals surface area contributed by atoms with Crippen LogP contribution in [0.1, 0.15) is 39.0 Å².